The van der Waals surface area contributed by atoms with Crippen molar-refractivity contribution < 1.29 is 9.90 Å². The molecule has 0 fully saturated rings. The summed E-state index contributed by atoms with van der Waals surface area (Å²) in [6.07, 6.45) is 0. The Hall–Kier alpha value is -2.12. The second-order valence-electron chi connectivity index (χ2n) is 4.22. The van der Waals surface area contributed by atoms with Crippen molar-refractivity contribution in [2.75, 3.05) is 5.75 Å². The van der Waals surface area contributed by atoms with Gasteiger partial charge in [0.1, 0.15) is 0 Å². The van der Waals surface area contributed by atoms with E-state index >= 15 is 0 Å². The van der Waals surface area contributed by atoms with Crippen LogP contribution in [0.25, 0.3) is 16.6 Å². The number of hydrogen-bond acceptors (Lipinski definition) is 5. The molecule has 0 bridgehead atoms. The third-order valence-electron chi connectivity index (χ3n) is 2.83. The smallest absolute Gasteiger partial charge is 0.313 e. The molecule has 21 heavy (non-hydrogen) atoms. The number of carboxylic acid groups (broad SMARTS) is 1. The van der Waals surface area contributed by atoms with E-state index in [1.165, 1.54) is 15.9 Å². The van der Waals surface area contributed by atoms with Gasteiger partial charge in [-0.2, -0.15) is 11.3 Å². The molecule has 0 unspecified atom stereocenters. The summed E-state index contributed by atoms with van der Waals surface area (Å²) >= 11 is 2.51. The lowest BCUT2D eigenvalue weighted by atomic mass is 10.2. The molecule has 0 aliphatic rings. The minimum Gasteiger partial charge on any atom is -0.481 e. The molecular weight excluding hydrogens is 308 g/mol. The molecule has 0 aliphatic carbocycles. The van der Waals surface area contributed by atoms with Crippen LogP contribution in [0.15, 0.2) is 51.0 Å². The highest BCUT2D eigenvalue weighted by molar-refractivity contribution is 7.99. The fraction of sp³-hybridized carbons (Fsp3) is 0.0714. The summed E-state index contributed by atoms with van der Waals surface area (Å²) in [5.74, 6) is -1.09. The lowest BCUT2D eigenvalue weighted by Gasteiger charge is -2.10. The van der Waals surface area contributed by atoms with E-state index in [9.17, 15) is 9.59 Å². The Bertz CT molecular complexity index is 856. The summed E-state index contributed by atoms with van der Waals surface area (Å²) in [6, 6.07) is 8.87. The summed E-state index contributed by atoms with van der Waals surface area (Å²) < 4.78 is 1.46. The van der Waals surface area contributed by atoms with Crippen molar-refractivity contribution in [2.45, 2.75) is 5.16 Å². The maximum absolute atomic E-state index is 12.7. The van der Waals surface area contributed by atoms with E-state index in [0.717, 1.165) is 11.8 Å². The quantitative estimate of drug-likeness (QED) is 0.591. The Labute approximate surface area is 127 Å². The lowest BCUT2D eigenvalue weighted by molar-refractivity contribution is -0.133. The van der Waals surface area contributed by atoms with Crippen molar-refractivity contribution in [1.29, 1.82) is 0 Å². The summed E-state index contributed by atoms with van der Waals surface area (Å²) in [7, 11) is 0. The second-order valence-corrected chi connectivity index (χ2v) is 5.94. The molecule has 7 heteroatoms. The Balaban J connectivity index is 2.25. The molecule has 3 aromatic rings. The zero-order valence-electron chi connectivity index (χ0n) is 10.7. The van der Waals surface area contributed by atoms with Crippen LogP contribution < -0.4 is 5.56 Å². The van der Waals surface area contributed by atoms with Crippen molar-refractivity contribution in [1.82, 2.24) is 9.55 Å². The van der Waals surface area contributed by atoms with Gasteiger partial charge in [0.25, 0.3) is 5.56 Å². The van der Waals surface area contributed by atoms with Gasteiger partial charge < -0.3 is 5.11 Å². The van der Waals surface area contributed by atoms with E-state index in [0.29, 0.717) is 21.7 Å². The van der Waals surface area contributed by atoms with Crippen LogP contribution in [-0.2, 0) is 4.79 Å². The Morgan fingerprint density at radius 2 is 2.14 bits per heavy atom. The van der Waals surface area contributed by atoms with E-state index < -0.39 is 5.97 Å². The van der Waals surface area contributed by atoms with Crippen LogP contribution in [0.3, 0.4) is 0 Å². The number of rotatable bonds is 4. The van der Waals surface area contributed by atoms with Crippen LogP contribution in [0.4, 0.5) is 0 Å². The molecule has 2 aromatic heterocycles. The van der Waals surface area contributed by atoms with E-state index in [1.54, 1.807) is 24.3 Å². The summed E-state index contributed by atoms with van der Waals surface area (Å²) in [4.78, 5) is 27.9. The minimum absolute atomic E-state index is 0.144. The normalized spacial score (nSPS) is 10.9. The third kappa shape index (κ3) is 2.70. The van der Waals surface area contributed by atoms with Gasteiger partial charge in [-0.15, -0.1) is 0 Å². The standard InChI is InChI=1S/C14H10N2O3S2/c17-12(18)8-21-14-15-11-4-2-1-3-10(11)13(19)16(14)9-5-6-20-7-9/h1-7H,8H2,(H,17,18). The summed E-state index contributed by atoms with van der Waals surface area (Å²) in [5, 5.41) is 13.5. The van der Waals surface area contributed by atoms with Crippen LogP contribution in [0.5, 0.6) is 0 Å². The predicted octanol–water partition coefficient (Wildman–Crippen LogP) is 2.62. The van der Waals surface area contributed by atoms with Crippen LogP contribution in [0.2, 0.25) is 0 Å². The maximum Gasteiger partial charge on any atom is 0.313 e. The number of hydrogen-bond donors (Lipinski definition) is 1. The molecule has 0 saturated heterocycles. The number of aliphatic carboxylic acids is 1. The fourth-order valence-electron chi connectivity index (χ4n) is 1.95. The third-order valence-corrected chi connectivity index (χ3v) is 4.43. The van der Waals surface area contributed by atoms with Crippen LogP contribution in [-0.4, -0.2) is 26.4 Å². The van der Waals surface area contributed by atoms with Gasteiger partial charge in [0.15, 0.2) is 5.16 Å². The molecule has 3 rings (SSSR count). The van der Waals surface area contributed by atoms with Gasteiger partial charge in [0, 0.05) is 5.38 Å². The summed E-state index contributed by atoms with van der Waals surface area (Å²) in [6.45, 7) is 0. The average molecular weight is 318 g/mol. The largest absolute Gasteiger partial charge is 0.481 e. The number of thioether (sulfide) groups is 1. The van der Waals surface area contributed by atoms with E-state index in [-0.39, 0.29) is 11.3 Å². The number of benzene rings is 1. The van der Waals surface area contributed by atoms with Gasteiger partial charge in [-0.25, -0.2) is 4.98 Å². The van der Waals surface area contributed by atoms with E-state index in [1.807, 2.05) is 16.8 Å². The van der Waals surface area contributed by atoms with Gasteiger partial charge in [-0.3, -0.25) is 14.2 Å². The first-order valence-electron chi connectivity index (χ1n) is 6.06. The van der Waals surface area contributed by atoms with Gasteiger partial charge in [0.2, 0.25) is 0 Å². The van der Waals surface area contributed by atoms with Crippen molar-refractivity contribution in [2.24, 2.45) is 0 Å². The lowest BCUT2D eigenvalue weighted by Crippen LogP contribution is -2.21. The number of nitrogens with zero attached hydrogens (tertiary/aromatic N) is 2. The van der Waals surface area contributed by atoms with Crippen molar-refractivity contribution in [3.8, 4) is 5.69 Å². The molecule has 0 aliphatic heterocycles. The van der Waals surface area contributed by atoms with Crippen LogP contribution >= 0.6 is 23.1 Å². The SMILES string of the molecule is O=C(O)CSc1nc2ccccc2c(=O)n1-c1ccsc1. The molecule has 0 amide bonds. The maximum atomic E-state index is 12.7. The van der Waals surface area contributed by atoms with Gasteiger partial charge in [-0.1, -0.05) is 23.9 Å². The molecule has 5 nitrogen and oxygen atoms in total. The Morgan fingerprint density at radius 1 is 1.33 bits per heavy atom. The van der Waals surface area contributed by atoms with Crippen molar-refractivity contribution >= 4 is 40.0 Å². The first-order chi connectivity index (χ1) is 10.2. The molecule has 2 heterocycles. The Morgan fingerprint density at radius 3 is 2.86 bits per heavy atom. The number of fused-ring (bicyclic) bond motifs is 1. The highest BCUT2D eigenvalue weighted by Crippen LogP contribution is 2.22. The zero-order chi connectivity index (χ0) is 14.8. The van der Waals surface area contributed by atoms with Gasteiger partial charge in [0.05, 0.1) is 22.3 Å². The number of thiophene rings is 1. The van der Waals surface area contributed by atoms with E-state index in [2.05, 4.69) is 4.98 Å². The summed E-state index contributed by atoms with van der Waals surface area (Å²) in [5.41, 5.74) is 1.09. The van der Waals surface area contributed by atoms with Crippen molar-refractivity contribution in [3.63, 3.8) is 0 Å². The topological polar surface area (TPSA) is 72.2 Å². The Kier molecular flexibility index (Phi) is 3.76. The molecule has 1 aromatic carbocycles. The zero-order valence-corrected chi connectivity index (χ0v) is 12.4. The number of carbonyl (C=O) groups is 1. The highest BCUT2D eigenvalue weighted by atomic mass is 32.2. The van der Waals surface area contributed by atoms with Crippen molar-refractivity contribution in [3.05, 3.63) is 51.4 Å². The molecule has 0 radical (unpaired) electrons. The van der Waals surface area contributed by atoms with Gasteiger partial charge in [-0.05, 0) is 23.6 Å². The average Bonchev–Trinajstić information content (AvgIpc) is 2.99. The second kappa shape index (κ2) is 5.71. The van der Waals surface area contributed by atoms with Crippen LogP contribution in [0.1, 0.15) is 0 Å². The fourth-order valence-corrected chi connectivity index (χ4v) is 3.30. The van der Waals surface area contributed by atoms with Crippen LogP contribution in [0, 0.1) is 0 Å². The molecule has 106 valence electrons. The number of para-hydroxylation sites is 1. The molecular formula is C14H10N2O3S2. The first-order valence-corrected chi connectivity index (χ1v) is 7.98. The molecule has 0 spiro atoms. The number of carboxylic acids is 1. The highest BCUT2D eigenvalue weighted by Gasteiger charge is 2.14. The predicted molar refractivity (Wildman–Crippen MR) is 83.6 cm³/mol. The number of aromatic nitrogens is 2. The minimum atomic E-state index is -0.945. The molecule has 0 saturated carbocycles. The first kappa shape index (κ1) is 13.8. The molecule has 0 atom stereocenters. The monoisotopic (exact) mass is 318 g/mol. The molecule has 1 N–H and O–H groups in total. The van der Waals surface area contributed by atoms with Gasteiger partial charge >= 0.3 is 5.97 Å². The van der Waals surface area contributed by atoms with E-state index in [4.69, 9.17) is 5.11 Å².